The number of ketones is 2. The summed E-state index contributed by atoms with van der Waals surface area (Å²) in [5, 5.41) is 0. The van der Waals surface area contributed by atoms with Gasteiger partial charge in [0.1, 0.15) is 23.6 Å². The lowest BCUT2D eigenvalue weighted by atomic mass is 9.67. The van der Waals surface area contributed by atoms with Gasteiger partial charge < -0.3 is 14.4 Å². The molecular weight excluding hydrogens is 432 g/mol. The lowest BCUT2D eigenvalue weighted by molar-refractivity contribution is -0.217. The van der Waals surface area contributed by atoms with Crippen molar-refractivity contribution in [3.05, 3.63) is 23.9 Å². The van der Waals surface area contributed by atoms with E-state index in [1.165, 1.54) is 6.20 Å². The summed E-state index contributed by atoms with van der Waals surface area (Å²) in [7, 11) is 0. The Morgan fingerprint density at radius 2 is 2.00 bits per heavy atom. The molecule has 0 N–H and O–H groups in total. The average Bonchev–Trinajstić information content (AvgIpc) is 3.09. The van der Waals surface area contributed by atoms with E-state index in [0.29, 0.717) is 12.8 Å². The van der Waals surface area contributed by atoms with Gasteiger partial charge in [-0.3, -0.25) is 9.59 Å². The first-order valence-electron chi connectivity index (χ1n) is 12.2. The van der Waals surface area contributed by atoms with Crippen molar-refractivity contribution in [2.24, 2.45) is 29.6 Å². The number of ether oxygens (including phenoxy) is 2. The van der Waals surface area contributed by atoms with Crippen molar-refractivity contribution in [2.75, 3.05) is 6.61 Å². The maximum absolute atomic E-state index is 15.0. The highest BCUT2D eigenvalue weighted by Crippen LogP contribution is 2.55. The Morgan fingerprint density at radius 3 is 2.79 bits per heavy atom. The number of morpholine rings is 1. The number of rotatable bonds is 2. The van der Waals surface area contributed by atoms with Crippen LogP contribution in [0.2, 0.25) is 0 Å². The zero-order valence-corrected chi connectivity index (χ0v) is 18.6. The fourth-order valence-electron chi connectivity index (χ4n) is 7.63. The summed E-state index contributed by atoms with van der Waals surface area (Å²) < 4.78 is 41.0. The Kier molecular flexibility index (Phi) is 5.02. The van der Waals surface area contributed by atoms with Crippen LogP contribution in [0.25, 0.3) is 0 Å². The van der Waals surface area contributed by atoms with Gasteiger partial charge in [0, 0.05) is 24.0 Å². The zero-order valence-electron chi connectivity index (χ0n) is 18.6. The second-order valence-electron chi connectivity index (χ2n) is 10.4. The molecule has 0 radical (unpaired) electrons. The average molecular weight is 462 g/mol. The second-order valence-corrected chi connectivity index (χ2v) is 10.4. The van der Waals surface area contributed by atoms with Gasteiger partial charge in [-0.2, -0.15) is 0 Å². The van der Waals surface area contributed by atoms with Crippen molar-refractivity contribution in [3.8, 4) is 0 Å². The van der Waals surface area contributed by atoms with Gasteiger partial charge in [-0.15, -0.1) is 0 Å². The van der Waals surface area contributed by atoms with Crippen molar-refractivity contribution in [1.29, 1.82) is 0 Å². The topological polar surface area (TPSA) is 72.9 Å². The van der Waals surface area contributed by atoms with Crippen LogP contribution in [0.15, 0.2) is 23.9 Å². The van der Waals surface area contributed by atoms with E-state index in [2.05, 4.69) is 6.08 Å². The van der Waals surface area contributed by atoms with Gasteiger partial charge in [0.15, 0.2) is 12.0 Å². The Balaban J connectivity index is 1.39. The van der Waals surface area contributed by atoms with Crippen LogP contribution >= 0.6 is 0 Å². The van der Waals surface area contributed by atoms with Gasteiger partial charge in [0.05, 0.1) is 24.8 Å². The van der Waals surface area contributed by atoms with E-state index >= 15 is 4.39 Å². The first-order valence-corrected chi connectivity index (χ1v) is 12.2. The molecule has 1 saturated heterocycles. The first-order chi connectivity index (χ1) is 15.9. The van der Waals surface area contributed by atoms with Crippen LogP contribution in [0.4, 0.5) is 8.78 Å². The molecule has 0 amide bonds. The van der Waals surface area contributed by atoms with Crippen molar-refractivity contribution in [3.63, 3.8) is 0 Å². The number of esters is 1. The molecule has 3 saturated carbocycles. The van der Waals surface area contributed by atoms with Crippen molar-refractivity contribution < 1.29 is 32.6 Å². The molecule has 0 spiro atoms. The number of nitrogens with zero attached hydrogens (tertiary/aromatic N) is 1. The second kappa shape index (κ2) is 7.72. The molecular formula is C25H29F2NO5. The van der Waals surface area contributed by atoms with E-state index in [9.17, 15) is 18.8 Å². The Labute approximate surface area is 191 Å². The molecule has 178 valence electrons. The zero-order chi connectivity index (χ0) is 23.0. The molecule has 4 fully saturated rings. The van der Waals surface area contributed by atoms with Crippen molar-refractivity contribution in [2.45, 2.75) is 75.7 Å². The normalized spacial score (nSPS) is 47.8. The maximum Gasteiger partial charge on any atom is 0.343 e. The van der Waals surface area contributed by atoms with E-state index in [1.807, 2.05) is 11.0 Å². The van der Waals surface area contributed by atoms with Gasteiger partial charge in [0.2, 0.25) is 0 Å². The van der Waals surface area contributed by atoms with E-state index in [1.54, 1.807) is 6.92 Å². The van der Waals surface area contributed by atoms with Crippen LogP contribution in [0.3, 0.4) is 0 Å². The van der Waals surface area contributed by atoms with Gasteiger partial charge in [-0.25, -0.2) is 13.6 Å². The number of fused-ring (bicyclic) bond motifs is 5. The molecule has 2 aliphatic heterocycles. The minimum Gasteiger partial charge on any atom is -0.462 e. The monoisotopic (exact) mass is 461 g/mol. The molecule has 11 atom stereocenters. The highest BCUT2D eigenvalue weighted by atomic mass is 19.2. The fourth-order valence-corrected chi connectivity index (χ4v) is 7.63. The van der Waals surface area contributed by atoms with Crippen molar-refractivity contribution >= 4 is 17.5 Å². The smallest absolute Gasteiger partial charge is 0.343 e. The van der Waals surface area contributed by atoms with Crippen LogP contribution in [0.1, 0.15) is 39.0 Å². The number of carbonyl (C=O) groups excluding carboxylic acids is 3. The highest BCUT2D eigenvalue weighted by Gasteiger charge is 2.62. The van der Waals surface area contributed by atoms with E-state index in [-0.39, 0.29) is 54.1 Å². The quantitative estimate of drug-likeness (QED) is 0.358. The minimum atomic E-state index is -1.84. The number of hydrogen-bond donors (Lipinski definition) is 0. The van der Waals surface area contributed by atoms with Crippen LogP contribution in [-0.2, 0) is 23.9 Å². The lowest BCUT2D eigenvalue weighted by Crippen LogP contribution is -2.70. The van der Waals surface area contributed by atoms with E-state index in [0.717, 1.165) is 12.8 Å². The predicted octanol–water partition coefficient (Wildman–Crippen LogP) is 2.71. The van der Waals surface area contributed by atoms with Crippen LogP contribution < -0.4 is 0 Å². The summed E-state index contributed by atoms with van der Waals surface area (Å²) in [6, 6.07) is -0.831. The number of halogens is 2. The molecule has 6 nitrogen and oxygen atoms in total. The fraction of sp³-hybridized carbons (Fsp3) is 0.720. The molecule has 6 aliphatic rings. The van der Waals surface area contributed by atoms with Gasteiger partial charge in [-0.05, 0) is 50.9 Å². The van der Waals surface area contributed by atoms with Gasteiger partial charge >= 0.3 is 5.97 Å². The van der Waals surface area contributed by atoms with E-state index in [4.69, 9.17) is 9.47 Å². The molecule has 33 heavy (non-hydrogen) atoms. The van der Waals surface area contributed by atoms with Crippen LogP contribution in [0.5, 0.6) is 0 Å². The third kappa shape index (κ3) is 3.01. The first kappa shape index (κ1) is 21.4. The molecule has 4 aliphatic carbocycles. The summed E-state index contributed by atoms with van der Waals surface area (Å²) in [5.74, 6) is -1.54. The summed E-state index contributed by atoms with van der Waals surface area (Å²) in [4.78, 5) is 40.8. The third-order valence-corrected chi connectivity index (χ3v) is 8.98. The summed E-state index contributed by atoms with van der Waals surface area (Å²) >= 11 is 0. The van der Waals surface area contributed by atoms with Gasteiger partial charge in [-0.1, -0.05) is 12.2 Å². The minimum absolute atomic E-state index is 0.0679. The molecule has 6 rings (SSSR count). The molecule has 0 aromatic heterocycles. The Morgan fingerprint density at radius 1 is 1.18 bits per heavy atom. The maximum atomic E-state index is 15.0. The Bertz CT molecular complexity index is 949. The molecule has 11 unspecified atom stereocenters. The third-order valence-electron chi connectivity index (χ3n) is 8.98. The molecule has 0 aromatic carbocycles. The molecule has 8 heteroatoms. The number of Topliss-reactive ketones (excluding diaryl/α,β-unsaturated/α-hetero) is 2. The van der Waals surface area contributed by atoms with Crippen LogP contribution in [-0.4, -0.2) is 65.7 Å². The predicted molar refractivity (Wildman–Crippen MR) is 112 cm³/mol. The van der Waals surface area contributed by atoms with Crippen LogP contribution in [0, 0.1) is 29.6 Å². The number of carbonyl (C=O) groups is 3. The molecule has 0 bridgehead atoms. The highest BCUT2D eigenvalue weighted by molar-refractivity contribution is 6.18. The number of alkyl halides is 2. The SMILES string of the molecule is CCOC(=O)C1=CN2C3CC4C(CC3OC3C(F)C(F)CC(C1=O)C32)C(=O)C1C=CCCC14. The summed E-state index contributed by atoms with van der Waals surface area (Å²) in [5.41, 5.74) is -0.0925. The molecule has 0 aromatic rings. The van der Waals surface area contributed by atoms with Crippen molar-refractivity contribution in [1.82, 2.24) is 4.90 Å². The van der Waals surface area contributed by atoms with Gasteiger partial charge in [0.25, 0.3) is 0 Å². The summed E-state index contributed by atoms with van der Waals surface area (Å²) in [6.45, 7) is 1.78. The standard InChI is InChI=1S/C25H29F2NO5/c1-2-32-25(31)16-10-28-18-8-13-11-5-3-4-6-12(11)22(29)14(13)9-19(18)33-24-20(27)17(26)7-15(21(24)28)23(16)30/h4,6,10-15,17-21,24H,2-3,5,7-9H2,1H3. The largest absolute Gasteiger partial charge is 0.462 e. The van der Waals surface area contributed by atoms with E-state index < -0.39 is 48.3 Å². The number of allylic oxidation sites excluding steroid dienone is 2. The Hall–Kier alpha value is -2.09. The molecule has 2 heterocycles. The summed E-state index contributed by atoms with van der Waals surface area (Å²) in [6.07, 6.45) is 3.24. The lowest BCUT2D eigenvalue weighted by Gasteiger charge is -2.59. The number of hydrogen-bond acceptors (Lipinski definition) is 6.